The Hall–Kier alpha value is -0.860. The molecule has 0 unspecified atom stereocenters. The molecule has 0 saturated carbocycles. The van der Waals surface area contributed by atoms with Gasteiger partial charge in [0.05, 0.1) is 6.61 Å². The molecule has 0 radical (unpaired) electrons. The van der Waals surface area contributed by atoms with Gasteiger partial charge in [-0.15, -0.1) is 0 Å². The lowest BCUT2D eigenvalue weighted by atomic mass is 9.87. The first kappa shape index (κ1) is 13.6. The molecule has 0 atom stereocenters. The standard InChI is InChI=1S/C16H24O2/c1-17-10-4-2-3-5-11-18-13-14-6-7-15-8-9-16(15)12-14/h6-7,12H,2-5,8-11,13H2,1H3. The summed E-state index contributed by atoms with van der Waals surface area (Å²) in [4.78, 5) is 0. The predicted molar refractivity (Wildman–Crippen MR) is 73.9 cm³/mol. The van der Waals surface area contributed by atoms with Gasteiger partial charge in [-0.3, -0.25) is 0 Å². The maximum Gasteiger partial charge on any atom is 0.0716 e. The molecule has 0 saturated heterocycles. The van der Waals surface area contributed by atoms with Crippen molar-refractivity contribution in [1.82, 2.24) is 0 Å². The van der Waals surface area contributed by atoms with Gasteiger partial charge in [0.2, 0.25) is 0 Å². The zero-order valence-corrected chi connectivity index (χ0v) is 11.4. The molecule has 0 N–H and O–H groups in total. The lowest BCUT2D eigenvalue weighted by Gasteiger charge is -2.19. The second kappa shape index (κ2) is 7.55. The zero-order chi connectivity index (χ0) is 12.6. The minimum atomic E-state index is 0.769. The van der Waals surface area contributed by atoms with Crippen LogP contribution in [0.15, 0.2) is 18.2 Å². The Morgan fingerprint density at radius 1 is 0.944 bits per heavy atom. The third kappa shape index (κ3) is 4.11. The van der Waals surface area contributed by atoms with Crippen LogP contribution >= 0.6 is 0 Å². The summed E-state index contributed by atoms with van der Waals surface area (Å²) >= 11 is 0. The Labute approximate surface area is 110 Å². The fourth-order valence-electron chi connectivity index (χ4n) is 2.33. The van der Waals surface area contributed by atoms with Gasteiger partial charge < -0.3 is 9.47 Å². The highest BCUT2D eigenvalue weighted by Gasteiger charge is 2.12. The maximum absolute atomic E-state index is 5.71. The van der Waals surface area contributed by atoms with Gasteiger partial charge in [-0.2, -0.15) is 0 Å². The summed E-state index contributed by atoms with van der Waals surface area (Å²) in [7, 11) is 1.76. The highest BCUT2D eigenvalue weighted by Crippen LogP contribution is 2.23. The van der Waals surface area contributed by atoms with Gasteiger partial charge in [-0.1, -0.05) is 31.0 Å². The van der Waals surface area contributed by atoms with Gasteiger partial charge in [-0.25, -0.2) is 0 Å². The first-order valence-corrected chi connectivity index (χ1v) is 7.07. The minimum Gasteiger partial charge on any atom is -0.385 e. The lowest BCUT2D eigenvalue weighted by molar-refractivity contribution is 0.115. The Morgan fingerprint density at radius 3 is 2.39 bits per heavy atom. The van der Waals surface area contributed by atoms with Gasteiger partial charge in [0.25, 0.3) is 0 Å². The van der Waals surface area contributed by atoms with Crippen LogP contribution < -0.4 is 0 Å². The van der Waals surface area contributed by atoms with Crippen molar-refractivity contribution in [2.45, 2.75) is 45.1 Å². The van der Waals surface area contributed by atoms with Crippen LogP contribution in [0, 0.1) is 0 Å². The van der Waals surface area contributed by atoms with E-state index in [2.05, 4.69) is 18.2 Å². The van der Waals surface area contributed by atoms with Crippen molar-refractivity contribution in [3.05, 3.63) is 34.9 Å². The van der Waals surface area contributed by atoms with Gasteiger partial charge >= 0.3 is 0 Å². The van der Waals surface area contributed by atoms with Crippen LogP contribution in [-0.4, -0.2) is 20.3 Å². The number of ether oxygens (including phenoxy) is 2. The average Bonchev–Trinajstić information content (AvgIpc) is 2.35. The van der Waals surface area contributed by atoms with Crippen molar-refractivity contribution in [1.29, 1.82) is 0 Å². The molecule has 1 aliphatic rings. The largest absolute Gasteiger partial charge is 0.385 e. The first-order chi connectivity index (χ1) is 8.90. The van der Waals surface area contributed by atoms with Crippen LogP contribution in [0.4, 0.5) is 0 Å². The highest BCUT2D eigenvalue weighted by atomic mass is 16.5. The summed E-state index contributed by atoms with van der Waals surface area (Å²) in [6.07, 6.45) is 7.33. The topological polar surface area (TPSA) is 18.5 Å². The van der Waals surface area contributed by atoms with Gasteiger partial charge in [-0.05, 0) is 42.4 Å². The molecule has 0 heterocycles. The van der Waals surface area contributed by atoms with E-state index in [1.807, 2.05) is 0 Å². The molecule has 1 aromatic rings. The molecule has 2 heteroatoms. The third-order valence-electron chi connectivity index (χ3n) is 3.59. The van der Waals surface area contributed by atoms with Crippen LogP contribution in [0.5, 0.6) is 0 Å². The van der Waals surface area contributed by atoms with Crippen molar-refractivity contribution in [2.75, 3.05) is 20.3 Å². The number of benzene rings is 1. The van der Waals surface area contributed by atoms with Crippen molar-refractivity contribution in [2.24, 2.45) is 0 Å². The fourth-order valence-corrected chi connectivity index (χ4v) is 2.33. The number of unbranched alkanes of at least 4 members (excludes halogenated alkanes) is 3. The average molecular weight is 248 g/mol. The van der Waals surface area contributed by atoms with Gasteiger partial charge in [0.1, 0.15) is 0 Å². The SMILES string of the molecule is COCCCCCCOCc1ccc2c(c1)CC2. The summed E-state index contributed by atoms with van der Waals surface area (Å²) in [6, 6.07) is 6.76. The van der Waals surface area contributed by atoms with Gasteiger partial charge in [0, 0.05) is 20.3 Å². The smallest absolute Gasteiger partial charge is 0.0716 e. The van der Waals surface area contributed by atoms with Crippen LogP contribution in [-0.2, 0) is 28.9 Å². The van der Waals surface area contributed by atoms with E-state index in [-0.39, 0.29) is 0 Å². The molecule has 2 rings (SSSR count). The Morgan fingerprint density at radius 2 is 1.72 bits per heavy atom. The van der Waals surface area contributed by atoms with Crippen LogP contribution in [0.1, 0.15) is 42.4 Å². The van der Waals surface area contributed by atoms with E-state index >= 15 is 0 Å². The lowest BCUT2D eigenvalue weighted by Crippen LogP contribution is -2.08. The molecule has 100 valence electrons. The van der Waals surface area contributed by atoms with Crippen LogP contribution in [0.25, 0.3) is 0 Å². The zero-order valence-electron chi connectivity index (χ0n) is 11.4. The molecule has 0 bridgehead atoms. The third-order valence-corrected chi connectivity index (χ3v) is 3.59. The summed E-state index contributed by atoms with van der Waals surface area (Å²) in [6.45, 7) is 2.53. The fraction of sp³-hybridized carbons (Fsp3) is 0.625. The van der Waals surface area contributed by atoms with Crippen molar-refractivity contribution in [3.63, 3.8) is 0 Å². The van der Waals surface area contributed by atoms with Crippen molar-refractivity contribution >= 4 is 0 Å². The molecule has 18 heavy (non-hydrogen) atoms. The normalized spacial score (nSPS) is 13.2. The number of rotatable bonds is 9. The number of hydrogen-bond acceptors (Lipinski definition) is 2. The molecule has 0 spiro atoms. The molecular formula is C16H24O2. The summed E-state index contributed by atoms with van der Waals surface area (Å²) < 4.78 is 10.7. The second-order valence-electron chi connectivity index (χ2n) is 5.06. The molecule has 1 aromatic carbocycles. The summed E-state index contributed by atoms with van der Waals surface area (Å²) in [5.41, 5.74) is 4.38. The minimum absolute atomic E-state index is 0.769. The van der Waals surface area contributed by atoms with E-state index in [0.29, 0.717) is 0 Å². The van der Waals surface area contributed by atoms with E-state index < -0.39 is 0 Å². The van der Waals surface area contributed by atoms with Crippen LogP contribution in [0.3, 0.4) is 0 Å². The molecule has 1 aliphatic carbocycles. The molecule has 0 aromatic heterocycles. The van der Waals surface area contributed by atoms with E-state index in [1.54, 1.807) is 7.11 Å². The Bertz CT molecular complexity index is 360. The van der Waals surface area contributed by atoms with E-state index in [4.69, 9.17) is 9.47 Å². The molecular weight excluding hydrogens is 224 g/mol. The van der Waals surface area contributed by atoms with Gasteiger partial charge in [0.15, 0.2) is 0 Å². The monoisotopic (exact) mass is 248 g/mol. The van der Waals surface area contributed by atoms with Crippen molar-refractivity contribution in [3.8, 4) is 0 Å². The summed E-state index contributed by atoms with van der Waals surface area (Å²) in [5, 5.41) is 0. The van der Waals surface area contributed by atoms with Crippen molar-refractivity contribution < 1.29 is 9.47 Å². The first-order valence-electron chi connectivity index (χ1n) is 7.07. The molecule has 0 fully saturated rings. The summed E-state index contributed by atoms with van der Waals surface area (Å²) in [5.74, 6) is 0. The number of aryl methyl sites for hydroxylation is 2. The van der Waals surface area contributed by atoms with E-state index in [9.17, 15) is 0 Å². The number of methoxy groups -OCH3 is 1. The second-order valence-corrected chi connectivity index (χ2v) is 5.06. The Balaban J connectivity index is 1.51. The quantitative estimate of drug-likeness (QED) is 0.623. The Kier molecular flexibility index (Phi) is 5.69. The predicted octanol–water partition coefficient (Wildman–Crippen LogP) is 3.51. The van der Waals surface area contributed by atoms with E-state index in [1.165, 1.54) is 48.8 Å². The number of fused-ring (bicyclic) bond motifs is 1. The molecule has 2 nitrogen and oxygen atoms in total. The van der Waals surface area contributed by atoms with Crippen LogP contribution in [0.2, 0.25) is 0 Å². The maximum atomic E-state index is 5.71. The molecule has 0 amide bonds. The van der Waals surface area contributed by atoms with E-state index in [0.717, 1.165) is 26.2 Å². The number of hydrogen-bond donors (Lipinski definition) is 0. The highest BCUT2D eigenvalue weighted by molar-refractivity contribution is 5.38. The molecule has 0 aliphatic heterocycles.